The summed E-state index contributed by atoms with van der Waals surface area (Å²) in [5.74, 6) is 0. The van der Waals surface area contributed by atoms with Crippen molar-refractivity contribution in [3.05, 3.63) is 0 Å². The van der Waals surface area contributed by atoms with Crippen LogP contribution in [0.3, 0.4) is 0 Å². The molecular formula is C11H21N3O. The maximum absolute atomic E-state index is 8.81. The summed E-state index contributed by atoms with van der Waals surface area (Å²) in [6.07, 6.45) is 3.98. The Morgan fingerprint density at radius 2 is 2.40 bits per heavy atom. The van der Waals surface area contributed by atoms with Crippen LogP contribution in [0.25, 0.3) is 0 Å². The fourth-order valence-electron chi connectivity index (χ4n) is 1.88. The largest absolute Gasteiger partial charge is 0.377 e. The van der Waals surface area contributed by atoms with Crippen molar-refractivity contribution in [1.82, 2.24) is 10.2 Å². The Hall–Kier alpha value is -0.630. The van der Waals surface area contributed by atoms with E-state index >= 15 is 0 Å². The molecule has 15 heavy (non-hydrogen) atoms. The highest BCUT2D eigenvalue weighted by atomic mass is 16.5. The second-order valence-electron chi connectivity index (χ2n) is 4.18. The summed E-state index contributed by atoms with van der Waals surface area (Å²) in [5, 5.41) is 11.8. The van der Waals surface area contributed by atoms with Gasteiger partial charge in [-0.05, 0) is 33.4 Å². The molecule has 1 saturated heterocycles. The van der Waals surface area contributed by atoms with Crippen molar-refractivity contribution in [2.75, 3.05) is 33.8 Å². The molecule has 4 heteroatoms. The summed E-state index contributed by atoms with van der Waals surface area (Å²) in [7, 11) is 3.86. The van der Waals surface area contributed by atoms with E-state index in [-0.39, 0.29) is 6.04 Å². The lowest BCUT2D eigenvalue weighted by molar-refractivity contribution is -0.00186. The van der Waals surface area contributed by atoms with Gasteiger partial charge < -0.3 is 15.0 Å². The molecule has 1 heterocycles. The van der Waals surface area contributed by atoms with Crippen molar-refractivity contribution >= 4 is 0 Å². The number of likely N-dealkylation sites (N-methyl/N-ethyl adjacent to an activating group) is 2. The summed E-state index contributed by atoms with van der Waals surface area (Å²) in [4.78, 5) is 2.17. The summed E-state index contributed by atoms with van der Waals surface area (Å²) < 4.78 is 5.65. The Morgan fingerprint density at radius 1 is 1.60 bits per heavy atom. The third kappa shape index (κ3) is 4.61. The number of ether oxygens (including phenoxy) is 1. The van der Waals surface area contributed by atoms with Crippen molar-refractivity contribution < 1.29 is 4.74 Å². The first-order chi connectivity index (χ1) is 7.26. The normalized spacial score (nSPS) is 23.7. The van der Waals surface area contributed by atoms with E-state index in [1.807, 2.05) is 14.1 Å². The molecular weight excluding hydrogens is 190 g/mol. The van der Waals surface area contributed by atoms with E-state index in [9.17, 15) is 0 Å². The minimum absolute atomic E-state index is 0.0846. The van der Waals surface area contributed by atoms with E-state index in [0.29, 0.717) is 6.10 Å². The van der Waals surface area contributed by atoms with Crippen LogP contribution >= 0.6 is 0 Å². The molecule has 0 spiro atoms. The van der Waals surface area contributed by atoms with Gasteiger partial charge in [-0.25, -0.2) is 0 Å². The van der Waals surface area contributed by atoms with Crippen LogP contribution in [0.1, 0.15) is 19.3 Å². The maximum atomic E-state index is 8.81. The Kier molecular flexibility index (Phi) is 5.62. The number of hydrogen-bond acceptors (Lipinski definition) is 4. The topological polar surface area (TPSA) is 48.3 Å². The smallest absolute Gasteiger partial charge is 0.108 e. The molecule has 4 nitrogen and oxygen atoms in total. The summed E-state index contributed by atoms with van der Waals surface area (Å²) >= 11 is 0. The van der Waals surface area contributed by atoms with Gasteiger partial charge in [0.1, 0.15) is 6.04 Å². The van der Waals surface area contributed by atoms with Gasteiger partial charge >= 0.3 is 0 Å². The Balaban J connectivity index is 2.22. The summed E-state index contributed by atoms with van der Waals surface area (Å²) in [6, 6.07) is 2.14. The third-order valence-electron chi connectivity index (χ3n) is 2.79. The van der Waals surface area contributed by atoms with Gasteiger partial charge in [0.2, 0.25) is 0 Å². The molecule has 0 aliphatic carbocycles. The molecule has 0 aromatic carbocycles. The molecule has 0 aromatic heterocycles. The first kappa shape index (κ1) is 12.4. The summed E-state index contributed by atoms with van der Waals surface area (Å²) in [6.45, 7) is 2.58. The van der Waals surface area contributed by atoms with E-state index < -0.39 is 0 Å². The van der Waals surface area contributed by atoms with E-state index in [1.54, 1.807) is 0 Å². The molecule has 1 rings (SSSR count). The van der Waals surface area contributed by atoms with Crippen LogP contribution in [-0.4, -0.2) is 50.8 Å². The van der Waals surface area contributed by atoms with E-state index in [2.05, 4.69) is 16.3 Å². The maximum Gasteiger partial charge on any atom is 0.108 e. The fourth-order valence-corrected chi connectivity index (χ4v) is 1.88. The van der Waals surface area contributed by atoms with Gasteiger partial charge in [0.25, 0.3) is 0 Å². The van der Waals surface area contributed by atoms with Gasteiger partial charge in [-0.3, -0.25) is 0 Å². The van der Waals surface area contributed by atoms with Crippen LogP contribution < -0.4 is 5.32 Å². The highest BCUT2D eigenvalue weighted by Gasteiger charge is 2.17. The predicted octanol–water partition coefficient (Wildman–Crippen LogP) is 0.599. The second-order valence-corrected chi connectivity index (χ2v) is 4.18. The highest BCUT2D eigenvalue weighted by molar-refractivity contribution is 4.90. The van der Waals surface area contributed by atoms with Crippen molar-refractivity contribution in [1.29, 1.82) is 5.26 Å². The Bertz CT molecular complexity index is 208. The molecule has 1 fully saturated rings. The predicted molar refractivity (Wildman–Crippen MR) is 59.5 cm³/mol. The summed E-state index contributed by atoms with van der Waals surface area (Å²) in [5.41, 5.74) is 0. The molecule has 0 saturated carbocycles. The molecule has 1 N–H and O–H groups in total. The average Bonchev–Trinajstić information content (AvgIpc) is 2.27. The number of nitrogens with one attached hydrogen (secondary N) is 1. The van der Waals surface area contributed by atoms with E-state index in [1.165, 1.54) is 12.8 Å². The Labute approximate surface area is 92.2 Å². The van der Waals surface area contributed by atoms with Gasteiger partial charge in [-0.15, -0.1) is 0 Å². The van der Waals surface area contributed by atoms with Crippen molar-refractivity contribution in [3.8, 4) is 6.07 Å². The first-order valence-electron chi connectivity index (χ1n) is 5.63. The number of hydrogen-bond donors (Lipinski definition) is 1. The number of rotatable bonds is 5. The minimum Gasteiger partial charge on any atom is -0.377 e. The zero-order valence-corrected chi connectivity index (χ0v) is 9.70. The first-order valence-corrected chi connectivity index (χ1v) is 5.63. The zero-order chi connectivity index (χ0) is 11.1. The van der Waals surface area contributed by atoms with Gasteiger partial charge in [0, 0.05) is 19.7 Å². The zero-order valence-electron chi connectivity index (χ0n) is 9.70. The van der Waals surface area contributed by atoms with Crippen LogP contribution in [-0.2, 0) is 4.74 Å². The van der Waals surface area contributed by atoms with Crippen LogP contribution in [0.2, 0.25) is 0 Å². The van der Waals surface area contributed by atoms with E-state index in [0.717, 1.165) is 26.1 Å². The van der Waals surface area contributed by atoms with Crippen molar-refractivity contribution in [3.63, 3.8) is 0 Å². The van der Waals surface area contributed by atoms with Crippen LogP contribution in [0.5, 0.6) is 0 Å². The SMILES string of the molecule is CNC(C#N)CN(C)CC1CCCCO1. The fraction of sp³-hybridized carbons (Fsp3) is 0.909. The lowest BCUT2D eigenvalue weighted by Gasteiger charge is -2.28. The molecule has 86 valence electrons. The average molecular weight is 211 g/mol. The molecule has 0 aromatic rings. The number of nitrogens with zero attached hydrogens (tertiary/aromatic N) is 2. The molecule has 0 radical (unpaired) electrons. The van der Waals surface area contributed by atoms with Gasteiger partial charge in [0.05, 0.1) is 12.2 Å². The minimum atomic E-state index is -0.0846. The third-order valence-corrected chi connectivity index (χ3v) is 2.79. The van der Waals surface area contributed by atoms with Gasteiger partial charge in [-0.1, -0.05) is 0 Å². The standard InChI is InChI=1S/C11H21N3O/c1-13-10(7-12)8-14(2)9-11-5-3-4-6-15-11/h10-11,13H,3-6,8-9H2,1-2H3. The van der Waals surface area contributed by atoms with E-state index in [4.69, 9.17) is 10.00 Å². The van der Waals surface area contributed by atoms with Crippen LogP contribution in [0, 0.1) is 11.3 Å². The molecule has 1 aliphatic rings. The quantitative estimate of drug-likeness (QED) is 0.723. The number of nitriles is 1. The molecule has 2 atom stereocenters. The second kappa shape index (κ2) is 6.78. The lowest BCUT2D eigenvalue weighted by Crippen LogP contribution is -2.41. The van der Waals surface area contributed by atoms with Crippen LogP contribution in [0.4, 0.5) is 0 Å². The van der Waals surface area contributed by atoms with Crippen molar-refractivity contribution in [2.45, 2.75) is 31.4 Å². The van der Waals surface area contributed by atoms with Gasteiger partial charge in [-0.2, -0.15) is 5.26 Å². The lowest BCUT2D eigenvalue weighted by atomic mass is 10.1. The molecule has 1 aliphatic heterocycles. The van der Waals surface area contributed by atoms with Gasteiger partial charge in [0.15, 0.2) is 0 Å². The van der Waals surface area contributed by atoms with Crippen molar-refractivity contribution in [2.24, 2.45) is 0 Å². The van der Waals surface area contributed by atoms with Crippen LogP contribution in [0.15, 0.2) is 0 Å². The molecule has 0 bridgehead atoms. The molecule has 0 amide bonds. The monoisotopic (exact) mass is 211 g/mol. The highest BCUT2D eigenvalue weighted by Crippen LogP contribution is 2.13. The Morgan fingerprint density at radius 3 is 2.93 bits per heavy atom. The molecule has 2 unspecified atom stereocenters.